The Kier molecular flexibility index (Phi) is 9.07. The normalized spacial score (nSPS) is 11.2. The highest BCUT2D eigenvalue weighted by molar-refractivity contribution is 5.97. The van der Waals surface area contributed by atoms with E-state index in [-0.39, 0.29) is 6.61 Å². The lowest BCUT2D eigenvalue weighted by atomic mass is 10.5. The molecular formula is C11H20O4Si. The third-order valence-electron chi connectivity index (χ3n) is 1.58. The van der Waals surface area contributed by atoms with Crippen LogP contribution < -0.4 is 0 Å². The Hall–Kier alpha value is -0.723. The lowest BCUT2D eigenvalue weighted by molar-refractivity contribution is -0.378. The van der Waals surface area contributed by atoms with Crippen molar-refractivity contribution >= 4 is 10.5 Å². The first kappa shape index (κ1) is 15.3. The van der Waals surface area contributed by atoms with Crippen molar-refractivity contribution in [3.63, 3.8) is 0 Å². The maximum Gasteiger partial charge on any atom is 0.307 e. The lowest BCUT2D eigenvalue weighted by Crippen LogP contribution is -2.44. The Balaban J connectivity index is 4.48. The van der Waals surface area contributed by atoms with Crippen LogP contribution in [0.15, 0.2) is 38.0 Å². The maximum atomic E-state index is 5.46. The molecule has 0 saturated carbocycles. The van der Waals surface area contributed by atoms with Crippen molar-refractivity contribution in [2.24, 2.45) is 0 Å². The maximum absolute atomic E-state index is 5.46. The highest BCUT2D eigenvalue weighted by Crippen LogP contribution is 2.16. The summed E-state index contributed by atoms with van der Waals surface area (Å²) < 4.78 is 21.5. The van der Waals surface area contributed by atoms with Crippen molar-refractivity contribution in [1.29, 1.82) is 0 Å². The SMILES string of the molecule is C=CCOC(CO[SiH3])(OCC=C)OCC=C. The molecule has 0 saturated heterocycles. The van der Waals surface area contributed by atoms with Gasteiger partial charge in [-0.25, -0.2) is 0 Å². The molecule has 0 aliphatic rings. The van der Waals surface area contributed by atoms with Gasteiger partial charge in [-0.1, -0.05) is 18.2 Å². The summed E-state index contributed by atoms with van der Waals surface area (Å²) in [5, 5.41) is 0. The smallest absolute Gasteiger partial charge is 0.307 e. The second kappa shape index (κ2) is 9.50. The van der Waals surface area contributed by atoms with Crippen LogP contribution in [-0.2, 0) is 18.6 Å². The van der Waals surface area contributed by atoms with E-state index in [1.807, 2.05) is 0 Å². The van der Waals surface area contributed by atoms with Gasteiger partial charge in [0.25, 0.3) is 0 Å². The first-order valence-electron chi connectivity index (χ1n) is 4.98. The molecule has 0 unspecified atom stereocenters. The molecule has 0 fully saturated rings. The van der Waals surface area contributed by atoms with Gasteiger partial charge in [-0.15, -0.1) is 19.7 Å². The molecule has 0 aromatic heterocycles. The van der Waals surface area contributed by atoms with Gasteiger partial charge in [0.1, 0.15) is 17.1 Å². The molecule has 0 aromatic carbocycles. The third-order valence-corrected chi connectivity index (χ3v) is 1.87. The Labute approximate surface area is 100 Å². The van der Waals surface area contributed by atoms with Crippen molar-refractivity contribution in [2.45, 2.75) is 5.97 Å². The summed E-state index contributed by atoms with van der Waals surface area (Å²) in [4.78, 5) is 0. The molecule has 0 aromatic rings. The number of hydrogen-bond donors (Lipinski definition) is 0. The van der Waals surface area contributed by atoms with E-state index in [4.69, 9.17) is 18.6 Å². The minimum Gasteiger partial charge on any atom is -0.420 e. The fourth-order valence-electron chi connectivity index (χ4n) is 0.984. The summed E-state index contributed by atoms with van der Waals surface area (Å²) >= 11 is 0. The molecule has 16 heavy (non-hydrogen) atoms. The van der Waals surface area contributed by atoms with E-state index in [0.717, 1.165) is 0 Å². The number of ether oxygens (including phenoxy) is 3. The highest BCUT2D eigenvalue weighted by atomic mass is 28.2. The van der Waals surface area contributed by atoms with Crippen LogP contribution in [0.1, 0.15) is 0 Å². The van der Waals surface area contributed by atoms with Crippen LogP contribution in [0.4, 0.5) is 0 Å². The van der Waals surface area contributed by atoms with Gasteiger partial charge in [0, 0.05) is 0 Å². The van der Waals surface area contributed by atoms with Gasteiger partial charge in [-0.05, 0) is 0 Å². The van der Waals surface area contributed by atoms with Crippen molar-refractivity contribution in [1.82, 2.24) is 0 Å². The van der Waals surface area contributed by atoms with Crippen LogP contribution in [-0.4, -0.2) is 42.9 Å². The molecule has 5 heteroatoms. The van der Waals surface area contributed by atoms with E-state index in [1.54, 1.807) is 18.2 Å². The van der Waals surface area contributed by atoms with Crippen LogP contribution in [0, 0.1) is 0 Å². The molecule has 0 heterocycles. The zero-order valence-electron chi connectivity index (χ0n) is 9.81. The standard InChI is InChI=1S/C11H20O4Si/c1-4-7-12-11(10-15-16,13-8-5-2)14-9-6-3/h4-6H,1-3,7-10H2,16H3. The van der Waals surface area contributed by atoms with E-state index in [2.05, 4.69) is 19.7 Å². The van der Waals surface area contributed by atoms with Gasteiger partial charge < -0.3 is 18.6 Å². The van der Waals surface area contributed by atoms with Crippen molar-refractivity contribution in [3.8, 4) is 0 Å². The van der Waals surface area contributed by atoms with Gasteiger partial charge in [0.2, 0.25) is 0 Å². The fourth-order valence-corrected chi connectivity index (χ4v) is 1.34. The summed E-state index contributed by atoms with van der Waals surface area (Å²) in [6, 6.07) is 0. The van der Waals surface area contributed by atoms with Gasteiger partial charge in [-0.3, -0.25) is 0 Å². The van der Waals surface area contributed by atoms with Crippen molar-refractivity contribution in [2.75, 3.05) is 26.4 Å². The molecule has 0 bridgehead atoms. The molecule has 92 valence electrons. The van der Waals surface area contributed by atoms with Crippen LogP contribution in [0.25, 0.3) is 0 Å². The average Bonchev–Trinajstić information content (AvgIpc) is 2.31. The Morgan fingerprint density at radius 2 is 1.25 bits per heavy atom. The van der Waals surface area contributed by atoms with E-state index in [0.29, 0.717) is 30.3 Å². The lowest BCUT2D eigenvalue weighted by Gasteiger charge is -2.31. The van der Waals surface area contributed by atoms with Gasteiger partial charge in [0.15, 0.2) is 0 Å². The molecular weight excluding hydrogens is 224 g/mol. The van der Waals surface area contributed by atoms with Gasteiger partial charge in [-0.2, -0.15) is 0 Å². The molecule has 0 rings (SSSR count). The molecule has 0 spiro atoms. The summed E-state index contributed by atoms with van der Waals surface area (Å²) in [6.45, 7) is 11.9. The second-order valence-corrected chi connectivity index (χ2v) is 3.49. The van der Waals surface area contributed by atoms with E-state index >= 15 is 0 Å². The molecule has 0 amide bonds. The summed E-state index contributed by atoms with van der Waals surface area (Å²) in [7, 11) is 0.578. The van der Waals surface area contributed by atoms with Crippen LogP contribution in [0.3, 0.4) is 0 Å². The fraction of sp³-hybridized carbons (Fsp3) is 0.455. The summed E-state index contributed by atoms with van der Waals surface area (Å²) in [6.07, 6.45) is 4.86. The predicted molar refractivity (Wildman–Crippen MR) is 67.1 cm³/mol. The predicted octanol–water partition coefficient (Wildman–Crippen LogP) is 0.545. The topological polar surface area (TPSA) is 36.9 Å². The second-order valence-electron chi connectivity index (χ2n) is 2.92. The van der Waals surface area contributed by atoms with Gasteiger partial charge in [0.05, 0.1) is 19.8 Å². The molecule has 0 N–H and O–H groups in total. The minimum absolute atomic E-state index is 0.217. The van der Waals surface area contributed by atoms with Crippen molar-refractivity contribution < 1.29 is 18.6 Å². The first-order valence-corrected chi connectivity index (χ1v) is 5.79. The minimum atomic E-state index is -1.20. The number of hydrogen-bond acceptors (Lipinski definition) is 4. The molecule has 0 radical (unpaired) electrons. The largest absolute Gasteiger partial charge is 0.420 e. The molecule has 0 aliphatic heterocycles. The van der Waals surface area contributed by atoms with Crippen LogP contribution in [0.2, 0.25) is 0 Å². The van der Waals surface area contributed by atoms with E-state index in [9.17, 15) is 0 Å². The number of rotatable bonds is 11. The Morgan fingerprint density at radius 1 is 0.875 bits per heavy atom. The Bertz CT molecular complexity index is 187. The van der Waals surface area contributed by atoms with E-state index < -0.39 is 5.97 Å². The van der Waals surface area contributed by atoms with Crippen molar-refractivity contribution in [3.05, 3.63) is 38.0 Å². The monoisotopic (exact) mass is 244 g/mol. The zero-order valence-corrected chi connectivity index (χ0v) is 11.8. The van der Waals surface area contributed by atoms with Gasteiger partial charge >= 0.3 is 5.97 Å². The molecule has 4 nitrogen and oxygen atoms in total. The quantitative estimate of drug-likeness (QED) is 0.302. The molecule has 0 aliphatic carbocycles. The summed E-state index contributed by atoms with van der Waals surface area (Å²) in [5.74, 6) is -1.20. The third kappa shape index (κ3) is 5.99. The van der Waals surface area contributed by atoms with E-state index in [1.165, 1.54) is 0 Å². The summed E-state index contributed by atoms with van der Waals surface area (Å²) in [5.41, 5.74) is 0. The van der Waals surface area contributed by atoms with Crippen LogP contribution in [0.5, 0.6) is 0 Å². The van der Waals surface area contributed by atoms with Crippen LogP contribution >= 0.6 is 0 Å². The first-order chi connectivity index (χ1) is 7.74. The Morgan fingerprint density at radius 3 is 1.50 bits per heavy atom. The molecule has 0 atom stereocenters. The average molecular weight is 244 g/mol. The highest BCUT2D eigenvalue weighted by Gasteiger charge is 2.32. The zero-order chi connectivity index (χ0) is 12.3.